The average Bonchev–Trinajstić information content (AvgIpc) is 3.14. The predicted octanol–water partition coefficient (Wildman–Crippen LogP) is 7.24. The van der Waals surface area contributed by atoms with Crippen molar-refractivity contribution in [2.75, 3.05) is 19.1 Å². The SMILES string of the molecule is CC1CCC([C@H](NC(=O)OC(C)(C)C)c2nc3ccc(N=S(C)(C)=O)c(F)c3n2COCC[Si](C)(C)C)CC1. The Morgan fingerprint density at radius 2 is 1.87 bits per heavy atom. The number of halogens is 1. The van der Waals surface area contributed by atoms with Crippen molar-refractivity contribution >= 4 is 40.6 Å². The van der Waals surface area contributed by atoms with E-state index < -0.39 is 41.4 Å². The maximum atomic E-state index is 16.0. The first-order chi connectivity index (χ1) is 17.9. The standard InChI is InChI=1S/C28H47FN4O4SSi/c1-19-10-12-20(13-11-19)24(31-27(34)37-28(2,3)4)26-30-22-15-14-21(32-38(5,6)35)23(29)25(22)33(26)18-36-16-17-39(7,8)9/h14-15,19-20,24H,10-13,16-18H2,1-9H3,(H,31,34)/t19?,20?,24-/m0/s1. The fraction of sp³-hybridized carbons (Fsp3) is 0.714. The molecule has 1 fully saturated rings. The highest BCUT2D eigenvalue weighted by molar-refractivity contribution is 7.92. The van der Waals surface area contributed by atoms with Crippen LogP contribution in [-0.2, 0) is 25.9 Å². The summed E-state index contributed by atoms with van der Waals surface area (Å²) in [7, 11) is -3.92. The van der Waals surface area contributed by atoms with Gasteiger partial charge in [-0.15, -0.1) is 0 Å². The third kappa shape index (κ3) is 9.28. The second-order valence-corrected chi connectivity index (χ2v) is 21.6. The van der Waals surface area contributed by atoms with E-state index in [1.54, 1.807) is 10.6 Å². The number of aromatic nitrogens is 2. The maximum Gasteiger partial charge on any atom is 0.408 e. The largest absolute Gasteiger partial charge is 0.444 e. The Bertz CT molecular complexity index is 1280. The molecule has 1 atom stereocenters. The number of carbonyl (C=O) groups excluding carboxylic acids is 1. The molecule has 0 spiro atoms. The minimum atomic E-state index is -2.58. The van der Waals surface area contributed by atoms with E-state index in [0.29, 0.717) is 23.9 Å². The minimum Gasteiger partial charge on any atom is -0.444 e. The predicted molar refractivity (Wildman–Crippen MR) is 159 cm³/mol. The van der Waals surface area contributed by atoms with E-state index in [1.807, 2.05) is 20.8 Å². The molecule has 1 aromatic carbocycles. The number of nitrogens with one attached hydrogen (secondary N) is 1. The van der Waals surface area contributed by atoms with Crippen LogP contribution < -0.4 is 5.32 Å². The van der Waals surface area contributed by atoms with E-state index in [9.17, 15) is 9.00 Å². The Labute approximate surface area is 234 Å². The van der Waals surface area contributed by atoms with Crippen molar-refractivity contribution in [2.45, 2.75) is 97.4 Å². The molecule has 0 radical (unpaired) electrons. The molecule has 1 heterocycles. The fourth-order valence-corrected chi connectivity index (χ4v) is 6.22. The van der Waals surface area contributed by atoms with E-state index in [0.717, 1.165) is 31.7 Å². The summed E-state index contributed by atoms with van der Waals surface area (Å²) in [5.74, 6) is 0.674. The lowest BCUT2D eigenvalue weighted by atomic mass is 9.79. The molecular weight excluding hydrogens is 535 g/mol. The first-order valence-electron chi connectivity index (χ1n) is 13.9. The summed E-state index contributed by atoms with van der Waals surface area (Å²) < 4.78 is 45.9. The van der Waals surface area contributed by atoms with Gasteiger partial charge in [0, 0.05) is 36.9 Å². The lowest BCUT2D eigenvalue weighted by molar-refractivity contribution is 0.0454. The Morgan fingerprint density at radius 3 is 2.44 bits per heavy atom. The van der Waals surface area contributed by atoms with E-state index in [4.69, 9.17) is 14.5 Å². The molecule has 11 heteroatoms. The smallest absolute Gasteiger partial charge is 0.408 e. The zero-order chi connectivity index (χ0) is 29.2. The number of amides is 1. The van der Waals surface area contributed by atoms with Gasteiger partial charge >= 0.3 is 6.09 Å². The summed E-state index contributed by atoms with van der Waals surface area (Å²) in [6.45, 7) is 15.2. The Kier molecular flexibility index (Phi) is 9.92. The Hall–Kier alpha value is -1.98. The number of imidazole rings is 1. The molecule has 2 aromatic rings. The molecule has 8 nitrogen and oxygen atoms in total. The number of nitrogens with zero attached hydrogens (tertiary/aromatic N) is 3. The molecule has 220 valence electrons. The van der Waals surface area contributed by atoms with Gasteiger partial charge in [-0.1, -0.05) is 39.4 Å². The van der Waals surface area contributed by atoms with Crippen LogP contribution in [0.1, 0.15) is 65.2 Å². The molecule has 0 unspecified atom stereocenters. The molecule has 3 rings (SSSR count). The van der Waals surface area contributed by atoms with Crippen molar-refractivity contribution in [1.82, 2.24) is 14.9 Å². The highest BCUT2D eigenvalue weighted by Crippen LogP contribution is 2.39. The number of fused-ring (bicyclic) bond motifs is 1. The first-order valence-corrected chi connectivity index (χ1v) is 19.9. The van der Waals surface area contributed by atoms with Crippen LogP contribution >= 0.6 is 0 Å². The normalized spacial score (nSPS) is 19.6. The van der Waals surface area contributed by atoms with E-state index >= 15 is 4.39 Å². The molecule has 0 saturated heterocycles. The fourth-order valence-electron chi connectivity index (χ4n) is 4.85. The van der Waals surface area contributed by atoms with Crippen LogP contribution in [0.5, 0.6) is 0 Å². The monoisotopic (exact) mass is 582 g/mol. The van der Waals surface area contributed by atoms with Crippen LogP contribution in [0.3, 0.4) is 0 Å². The summed E-state index contributed by atoms with van der Waals surface area (Å²) in [5.41, 5.74) is 0.0406. The number of benzene rings is 1. The van der Waals surface area contributed by atoms with Gasteiger partial charge in [0.05, 0.1) is 11.6 Å². The third-order valence-electron chi connectivity index (χ3n) is 6.87. The lowest BCUT2D eigenvalue weighted by Crippen LogP contribution is -2.40. The van der Waals surface area contributed by atoms with Crippen LogP contribution in [0.25, 0.3) is 11.0 Å². The molecule has 1 aliphatic carbocycles. The Balaban J connectivity index is 2.12. The molecular formula is C28H47FN4O4SSi. The Morgan fingerprint density at radius 1 is 1.23 bits per heavy atom. The zero-order valence-corrected chi connectivity index (χ0v) is 26.9. The van der Waals surface area contributed by atoms with Gasteiger partial charge in [-0.05, 0) is 63.6 Å². The molecule has 0 bridgehead atoms. The van der Waals surface area contributed by atoms with Gasteiger partial charge in [0.15, 0.2) is 5.82 Å². The number of hydrogen-bond acceptors (Lipinski definition) is 6. The number of hydrogen-bond donors (Lipinski definition) is 1. The molecule has 1 saturated carbocycles. The van der Waals surface area contributed by atoms with Crippen molar-refractivity contribution in [3.05, 3.63) is 23.8 Å². The topological polar surface area (TPSA) is 94.8 Å². The van der Waals surface area contributed by atoms with Gasteiger partial charge in [0.1, 0.15) is 29.4 Å². The van der Waals surface area contributed by atoms with Gasteiger partial charge in [0.2, 0.25) is 0 Å². The van der Waals surface area contributed by atoms with Crippen LogP contribution in [0.4, 0.5) is 14.9 Å². The van der Waals surface area contributed by atoms with Crippen molar-refractivity contribution in [2.24, 2.45) is 16.2 Å². The summed E-state index contributed by atoms with van der Waals surface area (Å²) in [5, 5.41) is 3.08. The summed E-state index contributed by atoms with van der Waals surface area (Å²) >= 11 is 0. The minimum absolute atomic E-state index is 0.0236. The van der Waals surface area contributed by atoms with Crippen LogP contribution in [0.2, 0.25) is 25.7 Å². The molecule has 0 aliphatic heterocycles. The number of alkyl carbamates (subject to hydrolysis) is 1. The summed E-state index contributed by atoms with van der Waals surface area (Å²) in [6.07, 6.45) is 6.34. The second kappa shape index (κ2) is 12.3. The van der Waals surface area contributed by atoms with Crippen molar-refractivity contribution in [1.29, 1.82) is 0 Å². The van der Waals surface area contributed by atoms with Crippen LogP contribution in [0, 0.1) is 17.7 Å². The molecule has 1 N–H and O–H groups in total. The maximum absolute atomic E-state index is 16.0. The summed E-state index contributed by atoms with van der Waals surface area (Å²) in [6, 6.07) is 3.68. The van der Waals surface area contributed by atoms with E-state index in [-0.39, 0.29) is 23.9 Å². The van der Waals surface area contributed by atoms with E-state index in [2.05, 4.69) is 36.2 Å². The van der Waals surface area contributed by atoms with Crippen LogP contribution in [-0.4, -0.2) is 52.6 Å². The first kappa shape index (κ1) is 31.5. The highest BCUT2D eigenvalue weighted by Gasteiger charge is 2.34. The average molecular weight is 583 g/mol. The second-order valence-electron chi connectivity index (χ2n) is 13.4. The molecule has 1 aromatic heterocycles. The number of carbonyl (C=O) groups is 1. The van der Waals surface area contributed by atoms with Crippen LogP contribution in [0.15, 0.2) is 16.5 Å². The van der Waals surface area contributed by atoms with E-state index in [1.165, 1.54) is 18.6 Å². The third-order valence-corrected chi connectivity index (χ3v) is 9.21. The number of rotatable bonds is 9. The van der Waals surface area contributed by atoms with Gasteiger partial charge in [-0.3, -0.25) is 4.57 Å². The molecule has 1 aliphatic rings. The summed E-state index contributed by atoms with van der Waals surface area (Å²) in [4.78, 5) is 17.9. The van der Waals surface area contributed by atoms with Crippen molar-refractivity contribution in [3.8, 4) is 0 Å². The zero-order valence-electron chi connectivity index (χ0n) is 25.1. The quantitative estimate of drug-likeness (QED) is 0.248. The van der Waals surface area contributed by atoms with Gasteiger partial charge < -0.3 is 14.8 Å². The van der Waals surface area contributed by atoms with Gasteiger partial charge in [-0.25, -0.2) is 18.4 Å². The van der Waals surface area contributed by atoms with Gasteiger partial charge in [-0.2, -0.15) is 4.36 Å². The van der Waals surface area contributed by atoms with Gasteiger partial charge in [0.25, 0.3) is 0 Å². The number of ether oxygens (including phenoxy) is 2. The van der Waals surface area contributed by atoms with Crippen molar-refractivity contribution < 1.29 is 22.9 Å². The highest BCUT2D eigenvalue weighted by atomic mass is 32.2. The van der Waals surface area contributed by atoms with Crippen molar-refractivity contribution in [3.63, 3.8) is 0 Å². The lowest BCUT2D eigenvalue weighted by Gasteiger charge is -2.33. The molecule has 39 heavy (non-hydrogen) atoms. The molecule has 1 amide bonds.